The largest absolute Gasteiger partial charge is 0.370 e. The van der Waals surface area contributed by atoms with Crippen LogP contribution >= 0.6 is 0 Å². The first-order chi connectivity index (χ1) is 7.79. The van der Waals surface area contributed by atoms with Crippen LogP contribution in [-0.2, 0) is 6.54 Å². The van der Waals surface area contributed by atoms with Crippen LogP contribution in [-0.4, -0.2) is 29.0 Å². The molecule has 2 rings (SSSR count). The molecule has 1 N–H and O–H groups in total. The summed E-state index contributed by atoms with van der Waals surface area (Å²) in [5, 5.41) is 3.21. The third-order valence-electron chi connectivity index (χ3n) is 3.26. The lowest BCUT2D eigenvalue weighted by molar-refractivity contribution is 0.260. The third-order valence-corrected chi connectivity index (χ3v) is 3.26. The van der Waals surface area contributed by atoms with Crippen LogP contribution in [0.3, 0.4) is 0 Å². The molecule has 1 aliphatic rings. The Kier molecular flexibility index (Phi) is 3.78. The van der Waals surface area contributed by atoms with Crippen LogP contribution in [0.15, 0.2) is 18.3 Å². The van der Waals surface area contributed by atoms with Gasteiger partial charge in [0, 0.05) is 25.3 Å². The molecule has 0 saturated carbocycles. The number of hydrogen-bond acceptors (Lipinski definition) is 3. The zero-order valence-electron chi connectivity index (χ0n) is 10.2. The fraction of sp³-hybridized carbons (Fsp3) is 0.615. The van der Waals surface area contributed by atoms with Gasteiger partial charge in [0.05, 0.1) is 0 Å². The SMILES string of the molecule is CCNc1ccc(CN2CCCC2C)cn1. The van der Waals surface area contributed by atoms with E-state index in [9.17, 15) is 0 Å². The van der Waals surface area contributed by atoms with E-state index in [-0.39, 0.29) is 0 Å². The zero-order valence-corrected chi connectivity index (χ0v) is 10.2. The molecule has 88 valence electrons. The van der Waals surface area contributed by atoms with Crippen LogP contribution in [0.25, 0.3) is 0 Å². The normalized spacial score (nSPS) is 21.2. The molecule has 0 radical (unpaired) electrons. The first kappa shape index (κ1) is 11.4. The average Bonchev–Trinajstić information content (AvgIpc) is 2.68. The maximum atomic E-state index is 4.40. The van der Waals surface area contributed by atoms with E-state index in [4.69, 9.17) is 0 Å². The van der Waals surface area contributed by atoms with Crippen molar-refractivity contribution in [2.75, 3.05) is 18.4 Å². The van der Waals surface area contributed by atoms with Gasteiger partial charge in [-0.2, -0.15) is 0 Å². The Morgan fingerprint density at radius 2 is 2.38 bits per heavy atom. The van der Waals surface area contributed by atoms with Gasteiger partial charge in [-0.1, -0.05) is 6.07 Å². The molecule has 0 aromatic carbocycles. The first-order valence-corrected chi connectivity index (χ1v) is 6.22. The minimum atomic E-state index is 0.730. The van der Waals surface area contributed by atoms with Crippen LogP contribution in [0, 0.1) is 0 Å². The molecular weight excluding hydrogens is 198 g/mol. The minimum Gasteiger partial charge on any atom is -0.370 e. The van der Waals surface area contributed by atoms with Gasteiger partial charge < -0.3 is 5.32 Å². The minimum absolute atomic E-state index is 0.730. The number of rotatable bonds is 4. The summed E-state index contributed by atoms with van der Waals surface area (Å²) in [6.45, 7) is 7.60. The van der Waals surface area contributed by atoms with Crippen molar-refractivity contribution in [3.05, 3.63) is 23.9 Å². The summed E-state index contributed by atoms with van der Waals surface area (Å²) in [5.74, 6) is 0.973. The second-order valence-electron chi connectivity index (χ2n) is 4.54. The van der Waals surface area contributed by atoms with Gasteiger partial charge in [-0.25, -0.2) is 4.98 Å². The lowest BCUT2D eigenvalue weighted by Gasteiger charge is -2.20. The number of nitrogens with one attached hydrogen (secondary N) is 1. The lowest BCUT2D eigenvalue weighted by atomic mass is 10.2. The summed E-state index contributed by atoms with van der Waals surface area (Å²) in [4.78, 5) is 6.93. The van der Waals surface area contributed by atoms with Gasteiger partial charge in [0.15, 0.2) is 0 Å². The van der Waals surface area contributed by atoms with Crippen molar-refractivity contribution in [2.24, 2.45) is 0 Å². The van der Waals surface area contributed by atoms with E-state index in [2.05, 4.69) is 41.2 Å². The number of pyridine rings is 1. The molecule has 0 aliphatic carbocycles. The molecule has 0 spiro atoms. The van der Waals surface area contributed by atoms with Crippen LogP contribution < -0.4 is 5.32 Å². The summed E-state index contributed by atoms with van der Waals surface area (Å²) in [5.41, 5.74) is 1.32. The first-order valence-electron chi connectivity index (χ1n) is 6.22. The van der Waals surface area contributed by atoms with Crippen LogP contribution in [0.4, 0.5) is 5.82 Å². The summed E-state index contributed by atoms with van der Waals surface area (Å²) in [6, 6.07) is 4.98. The average molecular weight is 219 g/mol. The summed E-state index contributed by atoms with van der Waals surface area (Å²) < 4.78 is 0. The van der Waals surface area contributed by atoms with Gasteiger partial charge in [0.1, 0.15) is 5.82 Å². The van der Waals surface area contributed by atoms with Crippen molar-refractivity contribution < 1.29 is 0 Å². The number of likely N-dealkylation sites (tertiary alicyclic amines) is 1. The highest BCUT2D eigenvalue weighted by atomic mass is 15.2. The van der Waals surface area contributed by atoms with Crippen molar-refractivity contribution in [2.45, 2.75) is 39.3 Å². The van der Waals surface area contributed by atoms with Crippen molar-refractivity contribution in [1.29, 1.82) is 0 Å². The molecule has 1 aromatic heterocycles. The lowest BCUT2D eigenvalue weighted by Crippen LogP contribution is -2.26. The Hall–Kier alpha value is -1.09. The molecule has 1 saturated heterocycles. The zero-order chi connectivity index (χ0) is 11.4. The van der Waals surface area contributed by atoms with Gasteiger partial charge >= 0.3 is 0 Å². The van der Waals surface area contributed by atoms with Gasteiger partial charge in [-0.3, -0.25) is 4.90 Å². The monoisotopic (exact) mass is 219 g/mol. The summed E-state index contributed by atoms with van der Waals surface area (Å²) in [6.07, 6.45) is 4.66. The summed E-state index contributed by atoms with van der Waals surface area (Å²) in [7, 11) is 0. The quantitative estimate of drug-likeness (QED) is 0.843. The van der Waals surface area contributed by atoms with Gasteiger partial charge in [0.25, 0.3) is 0 Å². The molecule has 2 heterocycles. The topological polar surface area (TPSA) is 28.2 Å². The molecule has 1 unspecified atom stereocenters. The number of anilines is 1. The molecule has 1 aliphatic heterocycles. The van der Waals surface area contributed by atoms with Crippen LogP contribution in [0.1, 0.15) is 32.3 Å². The highest BCUT2D eigenvalue weighted by Crippen LogP contribution is 2.19. The van der Waals surface area contributed by atoms with E-state index >= 15 is 0 Å². The molecule has 3 nitrogen and oxygen atoms in total. The highest BCUT2D eigenvalue weighted by molar-refractivity contribution is 5.35. The Bertz CT molecular complexity index is 320. The van der Waals surface area contributed by atoms with E-state index in [1.807, 2.05) is 6.20 Å². The smallest absolute Gasteiger partial charge is 0.125 e. The Balaban J connectivity index is 1.94. The number of nitrogens with zero attached hydrogens (tertiary/aromatic N) is 2. The molecule has 1 fully saturated rings. The molecule has 16 heavy (non-hydrogen) atoms. The molecular formula is C13H21N3. The third kappa shape index (κ3) is 2.73. The van der Waals surface area contributed by atoms with Gasteiger partial charge in [-0.05, 0) is 44.9 Å². The predicted molar refractivity (Wildman–Crippen MR) is 67.5 cm³/mol. The summed E-state index contributed by atoms with van der Waals surface area (Å²) >= 11 is 0. The van der Waals surface area contributed by atoms with Gasteiger partial charge in [-0.15, -0.1) is 0 Å². The maximum absolute atomic E-state index is 4.40. The Morgan fingerprint density at radius 1 is 1.50 bits per heavy atom. The van der Waals surface area contributed by atoms with Crippen molar-refractivity contribution in [3.8, 4) is 0 Å². The second kappa shape index (κ2) is 5.30. The highest BCUT2D eigenvalue weighted by Gasteiger charge is 2.19. The van der Waals surface area contributed by atoms with Crippen molar-refractivity contribution in [1.82, 2.24) is 9.88 Å². The van der Waals surface area contributed by atoms with E-state index in [1.54, 1.807) is 0 Å². The fourth-order valence-electron chi connectivity index (χ4n) is 2.27. The van der Waals surface area contributed by atoms with E-state index in [1.165, 1.54) is 24.9 Å². The van der Waals surface area contributed by atoms with Gasteiger partial charge in [0.2, 0.25) is 0 Å². The maximum Gasteiger partial charge on any atom is 0.125 e. The van der Waals surface area contributed by atoms with Crippen LogP contribution in [0.5, 0.6) is 0 Å². The predicted octanol–water partition coefficient (Wildman–Crippen LogP) is 2.50. The van der Waals surface area contributed by atoms with Crippen molar-refractivity contribution >= 4 is 5.82 Å². The van der Waals surface area contributed by atoms with Crippen LogP contribution in [0.2, 0.25) is 0 Å². The standard InChI is InChI=1S/C13H21N3/c1-3-14-13-7-6-12(9-15-13)10-16-8-4-5-11(16)2/h6-7,9,11H,3-5,8,10H2,1-2H3,(H,14,15). The fourth-order valence-corrected chi connectivity index (χ4v) is 2.27. The number of aromatic nitrogens is 1. The number of hydrogen-bond donors (Lipinski definition) is 1. The van der Waals surface area contributed by atoms with E-state index in [0.29, 0.717) is 0 Å². The molecule has 0 bridgehead atoms. The van der Waals surface area contributed by atoms with Crippen molar-refractivity contribution in [3.63, 3.8) is 0 Å². The Labute approximate surface area is 97.9 Å². The molecule has 0 amide bonds. The molecule has 3 heteroatoms. The second-order valence-corrected chi connectivity index (χ2v) is 4.54. The van der Waals surface area contributed by atoms with E-state index in [0.717, 1.165) is 24.9 Å². The van der Waals surface area contributed by atoms with E-state index < -0.39 is 0 Å². The molecule has 1 atom stereocenters. The molecule has 1 aromatic rings. The Morgan fingerprint density at radius 3 is 2.94 bits per heavy atom.